The zero-order valence-corrected chi connectivity index (χ0v) is 19.4. The molecular weight excluding hydrogens is 445 g/mol. The molecule has 2 fully saturated rings. The minimum Gasteiger partial charge on any atom is -0.426 e. The molecule has 5 rings (SSSR count). The summed E-state index contributed by atoms with van der Waals surface area (Å²) in [5, 5.41) is 9.48. The van der Waals surface area contributed by atoms with Gasteiger partial charge >= 0.3 is 0 Å². The van der Waals surface area contributed by atoms with Gasteiger partial charge in [0, 0.05) is 41.8 Å². The average Bonchev–Trinajstić information content (AvgIpc) is 3.50. The SMILES string of the molecule is Cc1nnc(CC2C[C@H](c3cccc(Cl)c3)C(c3ccc(Cl)cc3)N(CC3CC3)C2=O)o1. The molecule has 1 amide bonds. The Labute approximate surface area is 197 Å². The van der Waals surface area contributed by atoms with E-state index in [1.54, 1.807) is 6.92 Å². The van der Waals surface area contributed by atoms with Crippen molar-refractivity contribution in [2.75, 3.05) is 6.54 Å². The molecule has 1 aromatic heterocycles. The van der Waals surface area contributed by atoms with Crippen LogP contribution < -0.4 is 0 Å². The van der Waals surface area contributed by atoms with Crippen LogP contribution in [0.4, 0.5) is 0 Å². The van der Waals surface area contributed by atoms with Gasteiger partial charge in [0.05, 0.1) is 6.04 Å². The number of nitrogens with zero attached hydrogens (tertiary/aromatic N) is 3. The van der Waals surface area contributed by atoms with Crippen molar-refractivity contribution in [2.45, 2.75) is 44.6 Å². The summed E-state index contributed by atoms with van der Waals surface area (Å²) in [5.41, 5.74) is 2.23. The number of hydrogen-bond acceptors (Lipinski definition) is 4. The maximum atomic E-state index is 13.8. The van der Waals surface area contributed by atoms with Gasteiger partial charge < -0.3 is 9.32 Å². The normalized spacial score (nSPS) is 23.5. The lowest BCUT2D eigenvalue weighted by Gasteiger charge is -2.45. The monoisotopic (exact) mass is 469 g/mol. The molecule has 1 saturated heterocycles. The number of amides is 1. The number of benzene rings is 2. The maximum Gasteiger partial charge on any atom is 0.226 e. The molecule has 2 unspecified atom stereocenters. The summed E-state index contributed by atoms with van der Waals surface area (Å²) >= 11 is 12.6. The first-order chi connectivity index (χ1) is 15.5. The van der Waals surface area contributed by atoms with Crippen molar-refractivity contribution in [1.82, 2.24) is 15.1 Å². The van der Waals surface area contributed by atoms with Gasteiger partial charge in [0.1, 0.15) is 0 Å². The summed E-state index contributed by atoms with van der Waals surface area (Å²) < 4.78 is 5.62. The fourth-order valence-corrected chi connectivity index (χ4v) is 5.16. The van der Waals surface area contributed by atoms with Crippen LogP contribution in [0.3, 0.4) is 0 Å². The lowest BCUT2D eigenvalue weighted by Crippen LogP contribution is -2.48. The third kappa shape index (κ3) is 4.55. The fraction of sp³-hybridized carbons (Fsp3) is 0.400. The number of piperidine rings is 1. The summed E-state index contributed by atoms with van der Waals surface area (Å²) in [6, 6.07) is 15.8. The number of rotatable bonds is 6. The van der Waals surface area contributed by atoms with E-state index in [9.17, 15) is 4.79 Å². The second kappa shape index (κ2) is 8.87. The Balaban J connectivity index is 1.56. The predicted molar refractivity (Wildman–Crippen MR) is 124 cm³/mol. The fourth-order valence-electron chi connectivity index (χ4n) is 4.84. The molecule has 2 heterocycles. The van der Waals surface area contributed by atoms with E-state index in [2.05, 4.69) is 21.2 Å². The summed E-state index contributed by atoms with van der Waals surface area (Å²) in [6.45, 7) is 2.53. The van der Waals surface area contributed by atoms with Crippen LogP contribution in [0.15, 0.2) is 52.9 Å². The summed E-state index contributed by atoms with van der Waals surface area (Å²) in [6.07, 6.45) is 3.49. The molecule has 166 valence electrons. The van der Waals surface area contributed by atoms with Crippen LogP contribution in [-0.2, 0) is 11.2 Å². The zero-order valence-electron chi connectivity index (χ0n) is 17.9. The Morgan fingerprint density at radius 3 is 2.47 bits per heavy atom. The molecule has 3 aromatic rings. The molecule has 0 radical (unpaired) electrons. The van der Waals surface area contributed by atoms with Gasteiger partial charge in [-0.2, -0.15) is 0 Å². The highest BCUT2D eigenvalue weighted by molar-refractivity contribution is 6.30. The van der Waals surface area contributed by atoms with Crippen molar-refractivity contribution in [1.29, 1.82) is 0 Å². The average molecular weight is 470 g/mol. The molecule has 0 spiro atoms. The number of carbonyl (C=O) groups excluding carboxylic acids is 1. The van der Waals surface area contributed by atoms with Gasteiger partial charge in [-0.3, -0.25) is 4.79 Å². The van der Waals surface area contributed by atoms with Crippen molar-refractivity contribution in [2.24, 2.45) is 11.8 Å². The first-order valence-corrected chi connectivity index (χ1v) is 11.8. The number of aryl methyl sites for hydroxylation is 1. The number of aromatic nitrogens is 2. The zero-order chi connectivity index (χ0) is 22.2. The van der Waals surface area contributed by atoms with E-state index < -0.39 is 0 Å². The van der Waals surface area contributed by atoms with Crippen LogP contribution in [0.2, 0.25) is 10.0 Å². The third-order valence-corrected chi connectivity index (χ3v) is 7.00. The summed E-state index contributed by atoms with van der Waals surface area (Å²) in [4.78, 5) is 15.9. The molecule has 1 saturated carbocycles. The highest BCUT2D eigenvalue weighted by Crippen LogP contribution is 2.47. The molecule has 1 aliphatic carbocycles. The van der Waals surface area contributed by atoms with Crippen LogP contribution in [-0.4, -0.2) is 27.5 Å². The molecular formula is C25H25Cl2N3O2. The first kappa shape index (κ1) is 21.5. The Kier molecular flexibility index (Phi) is 5.95. The Morgan fingerprint density at radius 1 is 1.03 bits per heavy atom. The van der Waals surface area contributed by atoms with Gasteiger partial charge in [0.2, 0.25) is 17.7 Å². The van der Waals surface area contributed by atoms with Crippen molar-refractivity contribution in [3.05, 3.63) is 81.5 Å². The second-order valence-electron chi connectivity index (χ2n) is 8.94. The van der Waals surface area contributed by atoms with Gasteiger partial charge in [0.15, 0.2) is 0 Å². The van der Waals surface area contributed by atoms with E-state index in [0.29, 0.717) is 40.6 Å². The molecule has 3 atom stereocenters. The third-order valence-electron chi connectivity index (χ3n) is 6.52. The molecule has 0 N–H and O–H groups in total. The van der Waals surface area contributed by atoms with E-state index in [-0.39, 0.29) is 23.8 Å². The van der Waals surface area contributed by atoms with E-state index in [1.807, 2.05) is 42.5 Å². The standard InChI is InChI=1S/C25H25Cl2N3O2/c1-15-28-29-23(32-15)13-19-12-22(18-3-2-4-21(27)11-18)24(17-7-9-20(26)10-8-17)30(25(19)31)14-16-5-6-16/h2-4,7-11,16,19,22,24H,5-6,12-14H2,1H3/t19?,22-,24?/m1/s1. The van der Waals surface area contributed by atoms with Gasteiger partial charge in [-0.05, 0) is 60.6 Å². The quantitative estimate of drug-likeness (QED) is 0.443. The Morgan fingerprint density at radius 2 is 1.81 bits per heavy atom. The van der Waals surface area contributed by atoms with Gasteiger partial charge in [-0.25, -0.2) is 0 Å². The minimum atomic E-state index is -0.221. The minimum absolute atomic E-state index is 0.0699. The highest BCUT2D eigenvalue weighted by Gasteiger charge is 2.45. The van der Waals surface area contributed by atoms with Crippen LogP contribution in [0.5, 0.6) is 0 Å². The smallest absolute Gasteiger partial charge is 0.226 e. The lowest BCUT2D eigenvalue weighted by molar-refractivity contribution is -0.143. The topological polar surface area (TPSA) is 59.2 Å². The molecule has 32 heavy (non-hydrogen) atoms. The van der Waals surface area contributed by atoms with Crippen molar-refractivity contribution in [3.8, 4) is 0 Å². The van der Waals surface area contributed by atoms with Crippen molar-refractivity contribution in [3.63, 3.8) is 0 Å². The summed E-state index contributed by atoms with van der Waals surface area (Å²) in [7, 11) is 0. The largest absolute Gasteiger partial charge is 0.426 e. The van der Waals surface area contributed by atoms with Gasteiger partial charge in [0.25, 0.3) is 0 Å². The number of hydrogen-bond donors (Lipinski definition) is 0. The highest BCUT2D eigenvalue weighted by atomic mass is 35.5. The molecule has 1 aliphatic heterocycles. The van der Waals surface area contributed by atoms with E-state index in [0.717, 1.165) is 17.7 Å². The predicted octanol–water partition coefficient (Wildman–Crippen LogP) is 6.01. The first-order valence-electron chi connectivity index (χ1n) is 11.1. The number of halogens is 2. The molecule has 5 nitrogen and oxygen atoms in total. The Hall–Kier alpha value is -2.37. The van der Waals surface area contributed by atoms with Gasteiger partial charge in [-0.15, -0.1) is 10.2 Å². The van der Waals surface area contributed by atoms with Crippen LogP contribution >= 0.6 is 23.2 Å². The van der Waals surface area contributed by atoms with Crippen LogP contribution in [0.1, 0.15) is 54.1 Å². The van der Waals surface area contributed by atoms with Gasteiger partial charge in [-0.1, -0.05) is 47.5 Å². The Bertz CT molecular complexity index is 1110. The lowest BCUT2D eigenvalue weighted by atomic mass is 9.75. The molecule has 2 aromatic carbocycles. The molecule has 0 bridgehead atoms. The molecule has 7 heteroatoms. The van der Waals surface area contributed by atoms with E-state index in [1.165, 1.54) is 12.8 Å². The molecule has 2 aliphatic rings. The van der Waals surface area contributed by atoms with Crippen LogP contribution in [0.25, 0.3) is 0 Å². The van der Waals surface area contributed by atoms with E-state index >= 15 is 0 Å². The van der Waals surface area contributed by atoms with E-state index in [4.69, 9.17) is 27.6 Å². The maximum absolute atomic E-state index is 13.8. The number of likely N-dealkylation sites (tertiary alicyclic amines) is 1. The summed E-state index contributed by atoms with van der Waals surface area (Å²) in [5.74, 6) is 1.64. The van der Waals surface area contributed by atoms with Crippen LogP contribution in [0, 0.1) is 18.8 Å². The van der Waals surface area contributed by atoms with Crippen molar-refractivity contribution >= 4 is 29.1 Å². The van der Waals surface area contributed by atoms with Crippen molar-refractivity contribution < 1.29 is 9.21 Å². The number of carbonyl (C=O) groups is 1. The second-order valence-corrected chi connectivity index (χ2v) is 9.82.